The molecule has 0 aliphatic heterocycles. The summed E-state index contributed by atoms with van der Waals surface area (Å²) in [5.41, 5.74) is 0. The van der Waals surface area contributed by atoms with Crippen molar-refractivity contribution in [2.45, 2.75) is 26.2 Å². The van der Waals surface area contributed by atoms with Crippen LogP contribution in [-0.2, 0) is 9.59 Å². The van der Waals surface area contributed by atoms with Crippen molar-refractivity contribution in [3.05, 3.63) is 0 Å². The highest BCUT2D eigenvalue weighted by atomic mass is 16.4. The fraction of sp³-hybridized carbons (Fsp3) is 0.778. The molecule has 13 heavy (non-hydrogen) atoms. The summed E-state index contributed by atoms with van der Waals surface area (Å²) in [5, 5.41) is 17.6. The zero-order valence-electron chi connectivity index (χ0n) is 7.56. The van der Waals surface area contributed by atoms with Gasteiger partial charge in [0.15, 0.2) is 0 Å². The number of aliphatic carboxylic acids is 2. The van der Waals surface area contributed by atoms with E-state index in [1.54, 1.807) is 0 Å². The molecule has 0 aromatic carbocycles. The summed E-state index contributed by atoms with van der Waals surface area (Å²) in [7, 11) is 0. The lowest BCUT2D eigenvalue weighted by atomic mass is 9.75. The van der Waals surface area contributed by atoms with Crippen molar-refractivity contribution in [2.24, 2.45) is 17.8 Å². The molecule has 1 fully saturated rings. The van der Waals surface area contributed by atoms with Crippen LogP contribution in [-0.4, -0.2) is 22.2 Å². The van der Waals surface area contributed by atoms with Gasteiger partial charge in [0.1, 0.15) is 0 Å². The average Bonchev–Trinajstić information content (AvgIpc) is 2.03. The molecule has 1 aliphatic rings. The van der Waals surface area contributed by atoms with Crippen LogP contribution in [0, 0.1) is 17.8 Å². The molecule has 0 aromatic rings. The summed E-state index contributed by atoms with van der Waals surface area (Å²) < 4.78 is 0. The quantitative estimate of drug-likeness (QED) is 0.679. The third-order valence-electron chi connectivity index (χ3n) is 2.75. The Kier molecular flexibility index (Phi) is 2.90. The minimum atomic E-state index is -0.973. The van der Waals surface area contributed by atoms with Gasteiger partial charge in [0.2, 0.25) is 0 Å². The van der Waals surface area contributed by atoms with Crippen LogP contribution < -0.4 is 0 Å². The van der Waals surface area contributed by atoms with E-state index in [0.29, 0.717) is 18.8 Å². The summed E-state index contributed by atoms with van der Waals surface area (Å²) in [5.74, 6) is -3.00. The van der Waals surface area contributed by atoms with E-state index < -0.39 is 23.8 Å². The van der Waals surface area contributed by atoms with Crippen molar-refractivity contribution in [2.75, 3.05) is 0 Å². The maximum atomic E-state index is 10.8. The summed E-state index contributed by atoms with van der Waals surface area (Å²) in [6.07, 6.45) is 1.81. The molecule has 2 N–H and O–H groups in total. The van der Waals surface area contributed by atoms with E-state index >= 15 is 0 Å². The summed E-state index contributed by atoms with van der Waals surface area (Å²) in [6, 6.07) is 0. The molecule has 0 bridgehead atoms. The topological polar surface area (TPSA) is 74.6 Å². The molecule has 1 rings (SSSR count). The predicted octanol–water partition coefficient (Wildman–Crippen LogP) is 1.21. The van der Waals surface area contributed by atoms with E-state index in [1.165, 1.54) is 0 Å². The van der Waals surface area contributed by atoms with Crippen molar-refractivity contribution in [1.82, 2.24) is 0 Å². The average molecular weight is 186 g/mol. The van der Waals surface area contributed by atoms with Crippen molar-refractivity contribution in [1.29, 1.82) is 0 Å². The second-order valence-corrected chi connectivity index (χ2v) is 3.81. The van der Waals surface area contributed by atoms with E-state index in [-0.39, 0.29) is 0 Å². The van der Waals surface area contributed by atoms with E-state index in [4.69, 9.17) is 10.2 Å². The molecule has 0 saturated heterocycles. The van der Waals surface area contributed by atoms with Crippen LogP contribution in [0.1, 0.15) is 26.2 Å². The predicted molar refractivity (Wildman–Crippen MR) is 45.3 cm³/mol. The molecule has 0 aromatic heterocycles. The fourth-order valence-corrected chi connectivity index (χ4v) is 1.95. The maximum Gasteiger partial charge on any atom is 0.307 e. The lowest BCUT2D eigenvalue weighted by Gasteiger charge is -2.29. The standard InChI is InChI=1S/C9H14O4/c1-5-2-3-6(8(10)11)7(4-5)9(12)13/h5-7H,2-4H2,1H3,(H,10,11)(H,12,13)/t5-,6+,7+/m0/s1. The number of carboxylic acid groups (broad SMARTS) is 2. The van der Waals surface area contributed by atoms with E-state index in [9.17, 15) is 9.59 Å². The first kappa shape index (κ1) is 10.0. The molecular weight excluding hydrogens is 172 g/mol. The summed E-state index contributed by atoms with van der Waals surface area (Å²) in [6.45, 7) is 1.97. The molecule has 0 amide bonds. The monoisotopic (exact) mass is 186 g/mol. The Morgan fingerprint density at radius 3 is 2.08 bits per heavy atom. The Hall–Kier alpha value is -1.06. The highest BCUT2D eigenvalue weighted by Gasteiger charge is 2.37. The summed E-state index contributed by atoms with van der Waals surface area (Å²) >= 11 is 0. The molecule has 1 aliphatic carbocycles. The molecule has 74 valence electrons. The third-order valence-corrected chi connectivity index (χ3v) is 2.75. The number of hydrogen-bond acceptors (Lipinski definition) is 2. The second-order valence-electron chi connectivity index (χ2n) is 3.81. The lowest BCUT2D eigenvalue weighted by molar-refractivity contribution is -0.156. The zero-order chi connectivity index (χ0) is 10.0. The third kappa shape index (κ3) is 2.20. The highest BCUT2D eigenvalue weighted by molar-refractivity contribution is 5.80. The van der Waals surface area contributed by atoms with Gasteiger partial charge in [-0.3, -0.25) is 9.59 Å². The molecule has 0 spiro atoms. The van der Waals surface area contributed by atoms with Gasteiger partial charge in [-0.2, -0.15) is 0 Å². The summed E-state index contributed by atoms with van der Waals surface area (Å²) in [4.78, 5) is 21.5. The molecule has 3 atom stereocenters. The van der Waals surface area contributed by atoms with Crippen LogP contribution >= 0.6 is 0 Å². The smallest absolute Gasteiger partial charge is 0.307 e. The van der Waals surface area contributed by atoms with Gasteiger partial charge in [-0.15, -0.1) is 0 Å². The van der Waals surface area contributed by atoms with Gasteiger partial charge < -0.3 is 10.2 Å². The Bertz CT molecular complexity index is 224. The van der Waals surface area contributed by atoms with Crippen molar-refractivity contribution in [3.63, 3.8) is 0 Å². The molecule has 4 nitrogen and oxygen atoms in total. The lowest BCUT2D eigenvalue weighted by Crippen LogP contribution is -2.34. The van der Waals surface area contributed by atoms with Crippen molar-refractivity contribution >= 4 is 11.9 Å². The second kappa shape index (κ2) is 3.77. The normalized spacial score (nSPS) is 34.1. The van der Waals surface area contributed by atoms with Crippen LogP contribution in [0.25, 0.3) is 0 Å². The fourth-order valence-electron chi connectivity index (χ4n) is 1.95. The van der Waals surface area contributed by atoms with Crippen LogP contribution in [0.3, 0.4) is 0 Å². The molecular formula is C9H14O4. The zero-order valence-corrected chi connectivity index (χ0v) is 7.56. The minimum absolute atomic E-state index is 0.330. The number of carbonyl (C=O) groups is 2. The van der Waals surface area contributed by atoms with Crippen molar-refractivity contribution in [3.8, 4) is 0 Å². The van der Waals surface area contributed by atoms with Gasteiger partial charge in [0.05, 0.1) is 11.8 Å². The first-order valence-electron chi connectivity index (χ1n) is 4.48. The van der Waals surface area contributed by atoms with Crippen LogP contribution in [0.5, 0.6) is 0 Å². The first-order valence-corrected chi connectivity index (χ1v) is 4.48. The van der Waals surface area contributed by atoms with Gasteiger partial charge in [-0.05, 0) is 25.2 Å². The molecule has 1 saturated carbocycles. The van der Waals surface area contributed by atoms with E-state index in [2.05, 4.69) is 0 Å². The maximum absolute atomic E-state index is 10.8. The first-order chi connectivity index (χ1) is 6.02. The Balaban J connectivity index is 2.72. The Morgan fingerprint density at radius 2 is 1.62 bits per heavy atom. The van der Waals surface area contributed by atoms with Gasteiger partial charge >= 0.3 is 11.9 Å². The van der Waals surface area contributed by atoms with Gasteiger partial charge in [-0.1, -0.05) is 6.92 Å². The van der Waals surface area contributed by atoms with Gasteiger partial charge in [0, 0.05) is 0 Å². The molecule has 4 heteroatoms. The molecule has 0 unspecified atom stereocenters. The minimum Gasteiger partial charge on any atom is -0.481 e. The largest absolute Gasteiger partial charge is 0.481 e. The van der Waals surface area contributed by atoms with Crippen LogP contribution in [0.4, 0.5) is 0 Å². The van der Waals surface area contributed by atoms with E-state index in [1.807, 2.05) is 6.92 Å². The van der Waals surface area contributed by atoms with Crippen LogP contribution in [0.15, 0.2) is 0 Å². The van der Waals surface area contributed by atoms with Gasteiger partial charge in [-0.25, -0.2) is 0 Å². The van der Waals surface area contributed by atoms with Crippen molar-refractivity contribution < 1.29 is 19.8 Å². The highest BCUT2D eigenvalue weighted by Crippen LogP contribution is 2.33. The Morgan fingerprint density at radius 1 is 1.08 bits per heavy atom. The number of hydrogen-bond donors (Lipinski definition) is 2. The number of rotatable bonds is 2. The molecule has 0 radical (unpaired) electrons. The molecule has 0 heterocycles. The van der Waals surface area contributed by atoms with Gasteiger partial charge in [0.25, 0.3) is 0 Å². The number of carboxylic acids is 2. The van der Waals surface area contributed by atoms with E-state index in [0.717, 1.165) is 6.42 Å². The SMILES string of the molecule is C[C@H]1CC[C@@H](C(=O)O)[C@H](C(=O)O)C1. The van der Waals surface area contributed by atoms with Crippen LogP contribution in [0.2, 0.25) is 0 Å². The Labute approximate surface area is 76.6 Å².